The summed E-state index contributed by atoms with van der Waals surface area (Å²) < 4.78 is 12.8. The lowest BCUT2D eigenvalue weighted by Gasteiger charge is -2.64. The molecule has 2 N–H and O–H groups in total. The zero-order valence-electron chi connectivity index (χ0n) is 22.5. The van der Waals surface area contributed by atoms with Crippen molar-refractivity contribution in [2.45, 2.75) is 124 Å². The van der Waals surface area contributed by atoms with Gasteiger partial charge in [0, 0.05) is 13.0 Å². The van der Waals surface area contributed by atoms with Crippen LogP contribution < -0.4 is 0 Å². The third-order valence-corrected chi connectivity index (χ3v) is 11.1. The Bertz CT molecular complexity index is 723. The first kappa shape index (κ1) is 26.4. The second-order valence-electron chi connectivity index (χ2n) is 13.0. The molecule has 0 saturated heterocycles. The minimum Gasteiger partial charge on any atom is -0.481 e. The maximum absolute atomic E-state index is 11.8. The zero-order valence-corrected chi connectivity index (χ0v) is 22.5. The Kier molecular flexibility index (Phi) is 7.78. The molecule has 0 aromatic heterocycles. The van der Waals surface area contributed by atoms with E-state index < -0.39 is 5.97 Å². The van der Waals surface area contributed by atoms with E-state index in [2.05, 4.69) is 41.5 Å². The lowest BCUT2D eigenvalue weighted by atomic mass is 9.43. The van der Waals surface area contributed by atoms with E-state index in [0.717, 1.165) is 45.1 Å². The van der Waals surface area contributed by atoms with Gasteiger partial charge in [0.05, 0.1) is 24.4 Å². The predicted molar refractivity (Wildman–Crippen MR) is 133 cm³/mol. The molecule has 0 spiro atoms. The monoisotopic (exact) mass is 478 g/mol. The van der Waals surface area contributed by atoms with E-state index in [0.29, 0.717) is 48.0 Å². The summed E-state index contributed by atoms with van der Waals surface area (Å²) in [5, 5.41) is 21.0. The summed E-state index contributed by atoms with van der Waals surface area (Å²) in [6, 6.07) is 0. The lowest BCUT2D eigenvalue weighted by molar-refractivity contribution is -0.224. The molecular formula is C29H50O5. The Hall–Kier alpha value is -0.650. The van der Waals surface area contributed by atoms with E-state index in [1.807, 2.05) is 0 Å². The van der Waals surface area contributed by atoms with E-state index in [1.54, 1.807) is 0 Å². The Morgan fingerprint density at radius 3 is 2.44 bits per heavy atom. The van der Waals surface area contributed by atoms with Crippen LogP contribution in [0.3, 0.4) is 0 Å². The van der Waals surface area contributed by atoms with Gasteiger partial charge in [-0.1, -0.05) is 20.8 Å². The first-order valence-electron chi connectivity index (χ1n) is 14.2. The molecule has 0 aromatic carbocycles. The molecular weight excluding hydrogens is 428 g/mol. The quantitative estimate of drug-likeness (QED) is 0.452. The largest absolute Gasteiger partial charge is 0.481 e. The van der Waals surface area contributed by atoms with Gasteiger partial charge in [-0.05, 0) is 118 Å². The van der Waals surface area contributed by atoms with Crippen LogP contribution in [0.25, 0.3) is 0 Å². The van der Waals surface area contributed by atoms with Crippen molar-refractivity contribution in [1.82, 2.24) is 0 Å². The third kappa shape index (κ3) is 4.47. The van der Waals surface area contributed by atoms with Gasteiger partial charge < -0.3 is 19.7 Å². The molecule has 0 heterocycles. The van der Waals surface area contributed by atoms with Gasteiger partial charge in [0.1, 0.15) is 0 Å². The number of rotatable bonds is 8. The zero-order chi connectivity index (χ0) is 24.8. The highest BCUT2D eigenvalue weighted by molar-refractivity contribution is 5.66. The highest BCUT2D eigenvalue weighted by Crippen LogP contribution is 2.69. The normalized spacial score (nSPS) is 47.1. The minimum atomic E-state index is -0.713. The molecule has 0 aromatic rings. The molecule has 4 aliphatic rings. The molecule has 11 unspecified atom stereocenters. The fraction of sp³-hybridized carbons (Fsp3) is 0.966. The number of carboxylic acids is 1. The summed E-state index contributed by atoms with van der Waals surface area (Å²) in [7, 11) is 0. The van der Waals surface area contributed by atoms with Crippen molar-refractivity contribution >= 4 is 5.97 Å². The first-order chi connectivity index (χ1) is 16.0. The van der Waals surface area contributed by atoms with E-state index in [-0.39, 0.29) is 35.6 Å². The van der Waals surface area contributed by atoms with Gasteiger partial charge in [-0.2, -0.15) is 0 Å². The van der Waals surface area contributed by atoms with Gasteiger partial charge in [0.15, 0.2) is 0 Å². The van der Waals surface area contributed by atoms with Gasteiger partial charge in [-0.25, -0.2) is 0 Å². The lowest BCUT2D eigenvalue weighted by Crippen LogP contribution is -2.63. The topological polar surface area (TPSA) is 76.0 Å². The minimum absolute atomic E-state index is 0.149. The Labute approximate surface area is 207 Å². The van der Waals surface area contributed by atoms with Gasteiger partial charge in [0.25, 0.3) is 0 Å². The predicted octanol–water partition coefficient (Wildman–Crippen LogP) is 5.93. The molecule has 0 radical (unpaired) electrons. The van der Waals surface area contributed by atoms with Crippen molar-refractivity contribution in [2.24, 2.45) is 46.3 Å². The van der Waals surface area contributed by atoms with E-state index in [4.69, 9.17) is 9.47 Å². The van der Waals surface area contributed by atoms with Gasteiger partial charge >= 0.3 is 5.97 Å². The van der Waals surface area contributed by atoms with Crippen LogP contribution in [-0.2, 0) is 14.3 Å². The maximum atomic E-state index is 11.8. The van der Waals surface area contributed by atoms with Crippen LogP contribution in [0.1, 0.15) is 99.3 Å². The molecule has 0 bridgehead atoms. The number of aliphatic hydroxyl groups is 1. The standard InChI is InChI=1S/C29H50O5/c1-7-33-20-12-13-28(5)19(14-20)15-24(34-17(2)3)27-22-10-9-21(18(4)8-11-26(31)32)29(22,6)25(30)16-23(27)28/h17-25,27,30H,7-16H2,1-6H3,(H,31,32). The smallest absolute Gasteiger partial charge is 0.303 e. The van der Waals surface area contributed by atoms with Crippen molar-refractivity contribution in [3.63, 3.8) is 0 Å². The van der Waals surface area contributed by atoms with Crippen LogP contribution in [0.2, 0.25) is 0 Å². The summed E-state index contributed by atoms with van der Waals surface area (Å²) in [4.78, 5) is 11.2. The number of carbonyl (C=O) groups is 1. The molecule has 34 heavy (non-hydrogen) atoms. The average Bonchev–Trinajstić information content (AvgIpc) is 3.12. The van der Waals surface area contributed by atoms with Crippen LogP contribution in [0, 0.1) is 46.3 Å². The molecule has 0 amide bonds. The first-order valence-corrected chi connectivity index (χ1v) is 14.2. The summed E-state index contributed by atoms with van der Waals surface area (Å²) in [5.41, 5.74) is 0.0911. The van der Waals surface area contributed by atoms with Crippen molar-refractivity contribution in [3.8, 4) is 0 Å². The highest BCUT2D eigenvalue weighted by atomic mass is 16.5. The van der Waals surface area contributed by atoms with Crippen LogP contribution in [0.15, 0.2) is 0 Å². The number of hydrogen-bond donors (Lipinski definition) is 2. The molecule has 4 saturated carbocycles. The average molecular weight is 479 g/mol. The van der Waals surface area contributed by atoms with Gasteiger partial charge in [0.2, 0.25) is 0 Å². The molecule has 4 fully saturated rings. The summed E-state index contributed by atoms with van der Waals surface area (Å²) in [6.07, 6.45) is 9.07. The van der Waals surface area contributed by atoms with E-state index in [9.17, 15) is 15.0 Å². The summed E-state index contributed by atoms with van der Waals surface area (Å²) >= 11 is 0. The number of aliphatic carboxylic acids is 1. The fourth-order valence-corrected chi connectivity index (χ4v) is 9.52. The summed E-state index contributed by atoms with van der Waals surface area (Å²) in [5.74, 6) is 1.99. The van der Waals surface area contributed by atoms with E-state index in [1.165, 1.54) is 6.42 Å². The number of carboxylic acid groups (broad SMARTS) is 1. The molecule has 11 atom stereocenters. The number of ether oxygens (including phenoxy) is 2. The molecule has 5 heteroatoms. The number of hydrogen-bond acceptors (Lipinski definition) is 4. The van der Waals surface area contributed by atoms with Crippen molar-refractivity contribution in [1.29, 1.82) is 0 Å². The Morgan fingerprint density at radius 1 is 1.06 bits per heavy atom. The van der Waals surface area contributed by atoms with Crippen LogP contribution in [-0.4, -0.2) is 47.2 Å². The molecule has 0 aliphatic heterocycles. The molecule has 4 rings (SSSR count). The van der Waals surface area contributed by atoms with Gasteiger partial charge in [-0.15, -0.1) is 0 Å². The van der Waals surface area contributed by atoms with E-state index >= 15 is 0 Å². The second kappa shape index (κ2) is 10.0. The Morgan fingerprint density at radius 2 is 1.79 bits per heavy atom. The third-order valence-electron chi connectivity index (χ3n) is 11.1. The van der Waals surface area contributed by atoms with Crippen molar-refractivity contribution in [3.05, 3.63) is 0 Å². The SMILES string of the molecule is CCOC1CCC2(C)C(C1)CC(OC(C)C)C1C2CC(O)C2(C)C(C(C)CCC(=O)O)CCC12. The van der Waals surface area contributed by atoms with Gasteiger partial charge in [-0.3, -0.25) is 4.79 Å². The second-order valence-corrected chi connectivity index (χ2v) is 13.0. The number of aliphatic hydroxyl groups excluding tert-OH is 1. The number of fused-ring (bicyclic) bond motifs is 5. The Balaban J connectivity index is 1.63. The fourth-order valence-electron chi connectivity index (χ4n) is 9.52. The molecule has 4 aliphatic carbocycles. The summed E-state index contributed by atoms with van der Waals surface area (Å²) in [6.45, 7) is 14.3. The van der Waals surface area contributed by atoms with Crippen molar-refractivity contribution < 1.29 is 24.5 Å². The molecule has 5 nitrogen and oxygen atoms in total. The highest BCUT2D eigenvalue weighted by Gasteiger charge is 2.66. The van der Waals surface area contributed by atoms with Crippen molar-refractivity contribution in [2.75, 3.05) is 6.61 Å². The van der Waals surface area contributed by atoms with Crippen LogP contribution >= 0.6 is 0 Å². The maximum Gasteiger partial charge on any atom is 0.303 e. The molecule has 196 valence electrons. The van der Waals surface area contributed by atoms with Crippen LogP contribution in [0.4, 0.5) is 0 Å². The van der Waals surface area contributed by atoms with Crippen LogP contribution in [0.5, 0.6) is 0 Å².